The molecule has 0 saturated heterocycles. The van der Waals surface area contributed by atoms with Crippen LogP contribution in [0.1, 0.15) is 28.1 Å². The number of hydrogen-bond donors (Lipinski definition) is 3. The van der Waals surface area contributed by atoms with Crippen LogP contribution in [0.5, 0.6) is 0 Å². The summed E-state index contributed by atoms with van der Waals surface area (Å²) >= 11 is 1.24. The summed E-state index contributed by atoms with van der Waals surface area (Å²) < 4.78 is 0. The van der Waals surface area contributed by atoms with Crippen molar-refractivity contribution in [2.24, 2.45) is 5.73 Å². The van der Waals surface area contributed by atoms with Crippen molar-refractivity contribution in [3.8, 4) is 0 Å². The van der Waals surface area contributed by atoms with Crippen molar-refractivity contribution in [1.29, 1.82) is 0 Å². The Labute approximate surface area is 108 Å². The lowest BCUT2D eigenvalue weighted by Gasteiger charge is -2.13. The van der Waals surface area contributed by atoms with E-state index in [9.17, 15) is 14.4 Å². The van der Waals surface area contributed by atoms with Gasteiger partial charge in [0.1, 0.15) is 6.04 Å². The number of thiophene rings is 1. The largest absolute Gasteiger partial charge is 0.480 e. The van der Waals surface area contributed by atoms with Gasteiger partial charge < -0.3 is 16.2 Å². The number of hydrogen-bond acceptors (Lipinski definition) is 4. The van der Waals surface area contributed by atoms with E-state index in [0.717, 1.165) is 5.56 Å². The molecule has 0 aromatic carbocycles. The fraction of sp³-hybridized carbons (Fsp3) is 0.364. The molecule has 6 nitrogen and oxygen atoms in total. The summed E-state index contributed by atoms with van der Waals surface area (Å²) in [7, 11) is 0. The molecule has 2 amide bonds. The highest BCUT2D eigenvalue weighted by molar-refractivity contribution is 7.12. The summed E-state index contributed by atoms with van der Waals surface area (Å²) in [6.45, 7) is 1.77. The van der Waals surface area contributed by atoms with Crippen LogP contribution in [-0.2, 0) is 9.59 Å². The summed E-state index contributed by atoms with van der Waals surface area (Å²) in [5.41, 5.74) is 5.74. The first-order chi connectivity index (χ1) is 8.41. The topological polar surface area (TPSA) is 109 Å². The molecule has 4 N–H and O–H groups in total. The number of carboxylic acids is 1. The third-order valence-corrected chi connectivity index (χ3v) is 3.37. The van der Waals surface area contributed by atoms with E-state index in [1.54, 1.807) is 18.4 Å². The van der Waals surface area contributed by atoms with E-state index in [-0.39, 0.29) is 12.8 Å². The Morgan fingerprint density at radius 1 is 1.50 bits per heavy atom. The molecule has 98 valence electrons. The molecule has 0 bridgehead atoms. The SMILES string of the molecule is Cc1ccsc1C(=O)N[C@H](CCC(N)=O)C(=O)O. The van der Waals surface area contributed by atoms with Gasteiger partial charge in [0, 0.05) is 6.42 Å². The first kappa shape index (κ1) is 14.2. The van der Waals surface area contributed by atoms with Crippen LogP contribution in [0.15, 0.2) is 11.4 Å². The Hall–Kier alpha value is -1.89. The van der Waals surface area contributed by atoms with E-state index in [1.165, 1.54) is 11.3 Å². The smallest absolute Gasteiger partial charge is 0.326 e. The number of primary amides is 1. The number of carboxylic acid groups (broad SMARTS) is 1. The van der Waals surface area contributed by atoms with Crippen molar-refractivity contribution in [2.45, 2.75) is 25.8 Å². The molecule has 0 aliphatic heterocycles. The zero-order valence-electron chi connectivity index (χ0n) is 9.80. The van der Waals surface area contributed by atoms with Crippen LogP contribution in [0.4, 0.5) is 0 Å². The van der Waals surface area contributed by atoms with Crippen molar-refractivity contribution >= 4 is 29.1 Å². The second kappa shape index (κ2) is 6.15. The minimum atomic E-state index is -1.18. The van der Waals surface area contributed by atoms with Gasteiger partial charge in [0.15, 0.2) is 0 Å². The maximum Gasteiger partial charge on any atom is 0.326 e. The third kappa shape index (κ3) is 3.85. The van der Waals surface area contributed by atoms with Gasteiger partial charge in [-0.05, 0) is 30.4 Å². The Morgan fingerprint density at radius 2 is 2.17 bits per heavy atom. The molecule has 0 saturated carbocycles. The van der Waals surface area contributed by atoms with Crippen LogP contribution in [0, 0.1) is 6.92 Å². The number of rotatable bonds is 6. The number of carbonyl (C=O) groups is 3. The number of aliphatic carboxylic acids is 1. The predicted octanol–water partition coefficient (Wildman–Crippen LogP) is 0.505. The average molecular weight is 270 g/mol. The number of nitrogens with two attached hydrogens (primary N) is 1. The molecule has 1 atom stereocenters. The molecule has 0 aliphatic rings. The predicted molar refractivity (Wildman–Crippen MR) is 66.4 cm³/mol. The van der Waals surface area contributed by atoms with Crippen molar-refractivity contribution in [1.82, 2.24) is 5.32 Å². The maximum absolute atomic E-state index is 11.8. The summed E-state index contributed by atoms with van der Waals surface area (Å²) in [6, 6.07) is 0.671. The zero-order valence-corrected chi connectivity index (χ0v) is 10.6. The first-order valence-corrected chi connectivity index (χ1v) is 6.16. The molecule has 1 heterocycles. The lowest BCUT2D eigenvalue weighted by atomic mass is 10.1. The number of aryl methyl sites for hydroxylation is 1. The maximum atomic E-state index is 11.8. The van der Waals surface area contributed by atoms with Gasteiger partial charge >= 0.3 is 5.97 Å². The van der Waals surface area contributed by atoms with Gasteiger partial charge in [0.25, 0.3) is 5.91 Å². The second-order valence-corrected chi connectivity index (χ2v) is 4.72. The molecule has 0 spiro atoms. The first-order valence-electron chi connectivity index (χ1n) is 5.28. The third-order valence-electron chi connectivity index (χ3n) is 2.35. The summed E-state index contributed by atoms with van der Waals surface area (Å²) in [4.78, 5) is 33.8. The fourth-order valence-corrected chi connectivity index (χ4v) is 2.20. The molecule has 18 heavy (non-hydrogen) atoms. The summed E-state index contributed by atoms with van der Waals surface area (Å²) in [5, 5.41) is 13.1. The normalized spacial score (nSPS) is 11.8. The molecule has 1 aromatic heterocycles. The molecule has 0 unspecified atom stereocenters. The highest BCUT2D eigenvalue weighted by Crippen LogP contribution is 2.15. The average Bonchev–Trinajstić information content (AvgIpc) is 2.69. The van der Waals surface area contributed by atoms with Gasteiger partial charge in [0.2, 0.25) is 5.91 Å². The van der Waals surface area contributed by atoms with E-state index < -0.39 is 23.8 Å². The summed E-state index contributed by atoms with van der Waals surface area (Å²) in [6.07, 6.45) is -0.0957. The van der Waals surface area contributed by atoms with Crippen molar-refractivity contribution < 1.29 is 19.5 Å². The number of amides is 2. The van der Waals surface area contributed by atoms with E-state index >= 15 is 0 Å². The zero-order chi connectivity index (χ0) is 13.7. The fourth-order valence-electron chi connectivity index (χ4n) is 1.37. The number of carbonyl (C=O) groups excluding carboxylic acids is 2. The van der Waals surface area contributed by atoms with Gasteiger partial charge in [-0.3, -0.25) is 9.59 Å². The van der Waals surface area contributed by atoms with Crippen LogP contribution in [0.2, 0.25) is 0 Å². The highest BCUT2D eigenvalue weighted by Gasteiger charge is 2.22. The lowest BCUT2D eigenvalue weighted by molar-refractivity contribution is -0.139. The van der Waals surface area contributed by atoms with Crippen LogP contribution in [0.3, 0.4) is 0 Å². The minimum Gasteiger partial charge on any atom is -0.480 e. The van der Waals surface area contributed by atoms with Crippen LogP contribution >= 0.6 is 11.3 Å². The van der Waals surface area contributed by atoms with Crippen molar-refractivity contribution in [2.75, 3.05) is 0 Å². The van der Waals surface area contributed by atoms with Gasteiger partial charge in [-0.1, -0.05) is 0 Å². The van der Waals surface area contributed by atoms with E-state index in [0.29, 0.717) is 4.88 Å². The van der Waals surface area contributed by atoms with Gasteiger partial charge in [0.05, 0.1) is 4.88 Å². The minimum absolute atomic E-state index is 0.0131. The van der Waals surface area contributed by atoms with Crippen molar-refractivity contribution in [3.63, 3.8) is 0 Å². The van der Waals surface area contributed by atoms with Gasteiger partial charge in [-0.15, -0.1) is 11.3 Å². The van der Waals surface area contributed by atoms with Gasteiger partial charge in [-0.2, -0.15) is 0 Å². The van der Waals surface area contributed by atoms with Crippen LogP contribution in [0.25, 0.3) is 0 Å². The Bertz CT molecular complexity index is 469. The Balaban J connectivity index is 2.67. The van der Waals surface area contributed by atoms with E-state index in [2.05, 4.69) is 5.32 Å². The Kier molecular flexibility index (Phi) is 4.85. The second-order valence-electron chi connectivity index (χ2n) is 3.80. The molecule has 1 aromatic rings. The van der Waals surface area contributed by atoms with E-state index in [4.69, 9.17) is 10.8 Å². The molecular weight excluding hydrogens is 256 g/mol. The standard InChI is InChI=1S/C11H14N2O4S/c1-6-4-5-18-9(6)10(15)13-7(11(16)17)2-3-8(12)14/h4-5,7H,2-3H2,1H3,(H2,12,14)(H,13,15)(H,16,17)/t7-/m1/s1. The number of nitrogens with one attached hydrogen (secondary N) is 1. The molecule has 0 fully saturated rings. The monoisotopic (exact) mass is 270 g/mol. The van der Waals surface area contributed by atoms with E-state index in [1.807, 2.05) is 0 Å². The van der Waals surface area contributed by atoms with Crippen molar-refractivity contribution in [3.05, 3.63) is 21.9 Å². The lowest BCUT2D eigenvalue weighted by Crippen LogP contribution is -2.41. The highest BCUT2D eigenvalue weighted by atomic mass is 32.1. The van der Waals surface area contributed by atoms with Gasteiger partial charge in [-0.25, -0.2) is 4.79 Å². The molecule has 0 radical (unpaired) electrons. The Morgan fingerprint density at radius 3 is 2.61 bits per heavy atom. The molecular formula is C11H14N2O4S. The molecule has 1 rings (SSSR count). The molecule has 0 aliphatic carbocycles. The van der Waals surface area contributed by atoms with Crippen LogP contribution < -0.4 is 11.1 Å². The van der Waals surface area contributed by atoms with Crippen LogP contribution in [-0.4, -0.2) is 28.9 Å². The summed E-state index contributed by atoms with van der Waals surface area (Å²) in [5.74, 6) is -2.22. The quantitative estimate of drug-likeness (QED) is 0.699. The molecule has 7 heteroatoms.